The van der Waals surface area contributed by atoms with Crippen LogP contribution in [-0.2, 0) is 10.2 Å². The summed E-state index contributed by atoms with van der Waals surface area (Å²) in [5.41, 5.74) is 2.12. The van der Waals surface area contributed by atoms with Gasteiger partial charge in [0.1, 0.15) is 5.75 Å². The van der Waals surface area contributed by atoms with Crippen molar-refractivity contribution in [2.45, 2.75) is 33.1 Å². The third kappa shape index (κ3) is 3.48. The molecular weight excluding hydrogens is 231 g/mol. The number of hydrogen-bond acceptors (Lipinski definition) is 4. The number of rotatable bonds is 4. The molecular formula is C13H21BO4. The van der Waals surface area contributed by atoms with Crippen LogP contribution in [0.5, 0.6) is 5.75 Å². The van der Waals surface area contributed by atoms with Gasteiger partial charge in [-0.05, 0) is 17.9 Å². The molecule has 2 N–H and O–H groups in total. The van der Waals surface area contributed by atoms with Gasteiger partial charge in [0.15, 0.2) is 6.79 Å². The molecule has 0 saturated heterocycles. The lowest BCUT2D eigenvalue weighted by Gasteiger charge is -2.25. The van der Waals surface area contributed by atoms with Gasteiger partial charge in [0.2, 0.25) is 0 Å². The highest BCUT2D eigenvalue weighted by molar-refractivity contribution is 6.59. The lowest BCUT2D eigenvalue weighted by molar-refractivity contribution is 0.0504. The highest BCUT2D eigenvalue weighted by atomic mass is 16.7. The first-order valence-electron chi connectivity index (χ1n) is 5.90. The number of ether oxygens (including phenoxy) is 2. The molecule has 0 radical (unpaired) electrons. The first-order valence-corrected chi connectivity index (χ1v) is 5.90. The maximum Gasteiger partial charge on any atom is 0.492 e. The summed E-state index contributed by atoms with van der Waals surface area (Å²) < 4.78 is 10.4. The van der Waals surface area contributed by atoms with Crippen molar-refractivity contribution >= 4 is 12.6 Å². The molecule has 0 amide bonds. The molecule has 1 aromatic rings. The van der Waals surface area contributed by atoms with Gasteiger partial charge in [-0.1, -0.05) is 38.5 Å². The van der Waals surface area contributed by atoms with Crippen molar-refractivity contribution < 1.29 is 19.5 Å². The summed E-state index contributed by atoms with van der Waals surface area (Å²) in [6.07, 6.45) is 0. The van der Waals surface area contributed by atoms with Crippen molar-refractivity contribution in [3.05, 3.63) is 23.3 Å². The average molecular weight is 252 g/mol. The summed E-state index contributed by atoms with van der Waals surface area (Å²) in [4.78, 5) is 0. The first kappa shape index (κ1) is 15.0. The van der Waals surface area contributed by atoms with E-state index in [-0.39, 0.29) is 12.2 Å². The lowest BCUT2D eigenvalue weighted by Crippen LogP contribution is -2.34. The van der Waals surface area contributed by atoms with E-state index in [2.05, 4.69) is 20.8 Å². The quantitative estimate of drug-likeness (QED) is 0.619. The van der Waals surface area contributed by atoms with Crippen molar-refractivity contribution in [3.63, 3.8) is 0 Å². The molecule has 0 spiro atoms. The Morgan fingerprint density at radius 3 is 2.28 bits per heavy atom. The van der Waals surface area contributed by atoms with Crippen LogP contribution in [0.2, 0.25) is 0 Å². The molecule has 0 aliphatic rings. The van der Waals surface area contributed by atoms with Gasteiger partial charge in [-0.2, -0.15) is 0 Å². The molecule has 0 heterocycles. The Labute approximate surface area is 109 Å². The number of hydrogen-bond donors (Lipinski definition) is 2. The second kappa shape index (κ2) is 5.74. The maximum atomic E-state index is 9.45. The molecule has 4 nitrogen and oxygen atoms in total. The topological polar surface area (TPSA) is 58.9 Å². The van der Waals surface area contributed by atoms with Gasteiger partial charge in [-0.15, -0.1) is 0 Å². The summed E-state index contributed by atoms with van der Waals surface area (Å²) in [7, 11) is -0.0298. The zero-order valence-corrected chi connectivity index (χ0v) is 11.7. The van der Waals surface area contributed by atoms with Crippen molar-refractivity contribution in [1.29, 1.82) is 0 Å². The van der Waals surface area contributed by atoms with Gasteiger partial charge in [0, 0.05) is 12.6 Å². The fourth-order valence-electron chi connectivity index (χ4n) is 1.83. The van der Waals surface area contributed by atoms with Crippen LogP contribution < -0.4 is 10.2 Å². The van der Waals surface area contributed by atoms with Crippen LogP contribution in [0, 0.1) is 6.92 Å². The fraction of sp³-hybridized carbons (Fsp3) is 0.538. The van der Waals surface area contributed by atoms with Gasteiger partial charge in [0.25, 0.3) is 0 Å². The summed E-state index contributed by atoms with van der Waals surface area (Å²) in [5, 5.41) is 18.9. The van der Waals surface area contributed by atoms with E-state index < -0.39 is 7.12 Å². The smallest absolute Gasteiger partial charge is 0.468 e. The molecule has 18 heavy (non-hydrogen) atoms. The third-order valence-electron chi connectivity index (χ3n) is 2.67. The van der Waals surface area contributed by atoms with Gasteiger partial charge in [-0.25, -0.2) is 0 Å². The van der Waals surface area contributed by atoms with E-state index in [1.807, 2.05) is 13.0 Å². The molecule has 0 bridgehead atoms. The SMILES string of the molecule is COCOc1c(B(O)O)cc(C)cc1C(C)(C)C. The molecule has 0 saturated carbocycles. The van der Waals surface area contributed by atoms with E-state index >= 15 is 0 Å². The van der Waals surface area contributed by atoms with Gasteiger partial charge in [0.05, 0.1) is 0 Å². The van der Waals surface area contributed by atoms with E-state index in [1.54, 1.807) is 6.07 Å². The van der Waals surface area contributed by atoms with Gasteiger partial charge in [-0.3, -0.25) is 0 Å². The zero-order valence-electron chi connectivity index (χ0n) is 11.7. The van der Waals surface area contributed by atoms with Crippen molar-refractivity contribution in [3.8, 4) is 5.75 Å². The van der Waals surface area contributed by atoms with Gasteiger partial charge >= 0.3 is 7.12 Å². The monoisotopic (exact) mass is 252 g/mol. The second-order valence-electron chi connectivity index (χ2n) is 5.41. The molecule has 100 valence electrons. The van der Waals surface area contributed by atoms with Crippen LogP contribution in [0.1, 0.15) is 31.9 Å². The summed E-state index contributed by atoms with van der Waals surface area (Å²) >= 11 is 0. The second-order valence-corrected chi connectivity index (χ2v) is 5.41. The highest BCUT2D eigenvalue weighted by Gasteiger charge is 2.26. The van der Waals surface area contributed by atoms with E-state index in [9.17, 15) is 10.0 Å². The van der Waals surface area contributed by atoms with Crippen LogP contribution in [0.25, 0.3) is 0 Å². The minimum atomic E-state index is -1.56. The number of aryl methyl sites for hydroxylation is 1. The summed E-state index contributed by atoms with van der Waals surface area (Å²) in [6.45, 7) is 8.14. The normalized spacial score (nSPS) is 11.5. The predicted molar refractivity (Wildman–Crippen MR) is 72.2 cm³/mol. The van der Waals surface area contributed by atoms with Crippen molar-refractivity contribution in [1.82, 2.24) is 0 Å². The minimum Gasteiger partial charge on any atom is -0.468 e. The van der Waals surface area contributed by atoms with Crippen LogP contribution in [0.3, 0.4) is 0 Å². The molecule has 0 atom stereocenters. The number of benzene rings is 1. The molecule has 0 aliphatic carbocycles. The Balaban J connectivity index is 3.38. The van der Waals surface area contributed by atoms with Crippen LogP contribution in [-0.4, -0.2) is 31.1 Å². The van der Waals surface area contributed by atoms with Crippen molar-refractivity contribution in [2.75, 3.05) is 13.9 Å². The molecule has 0 aromatic heterocycles. The lowest BCUT2D eigenvalue weighted by atomic mass is 9.74. The standard InChI is InChI=1S/C13H21BO4/c1-9-6-10(13(2,3)4)12(18-8-17-5)11(7-9)14(15)16/h6-7,15-16H,8H2,1-5H3. The number of methoxy groups -OCH3 is 1. The first-order chi connectivity index (χ1) is 8.27. The predicted octanol–water partition coefficient (Wildman–Crippen LogP) is 0.955. The van der Waals surface area contributed by atoms with E-state index in [1.165, 1.54) is 7.11 Å². The largest absolute Gasteiger partial charge is 0.492 e. The molecule has 1 aromatic carbocycles. The molecule has 0 unspecified atom stereocenters. The fourth-order valence-corrected chi connectivity index (χ4v) is 1.83. The van der Waals surface area contributed by atoms with Crippen LogP contribution in [0.4, 0.5) is 0 Å². The van der Waals surface area contributed by atoms with E-state index in [0.29, 0.717) is 11.2 Å². The van der Waals surface area contributed by atoms with E-state index in [4.69, 9.17) is 9.47 Å². The highest BCUT2D eigenvalue weighted by Crippen LogP contribution is 2.31. The van der Waals surface area contributed by atoms with Gasteiger partial charge < -0.3 is 19.5 Å². The third-order valence-corrected chi connectivity index (χ3v) is 2.67. The Morgan fingerprint density at radius 1 is 1.22 bits per heavy atom. The summed E-state index contributed by atoms with van der Waals surface area (Å²) in [5.74, 6) is 0.491. The minimum absolute atomic E-state index is 0.0753. The Hall–Kier alpha value is -1.04. The Bertz CT molecular complexity index is 410. The Morgan fingerprint density at radius 2 is 1.83 bits per heavy atom. The van der Waals surface area contributed by atoms with Crippen LogP contribution >= 0.6 is 0 Å². The molecule has 0 fully saturated rings. The Kier molecular flexibility index (Phi) is 4.79. The molecule has 0 aliphatic heterocycles. The van der Waals surface area contributed by atoms with E-state index in [0.717, 1.165) is 11.1 Å². The van der Waals surface area contributed by atoms with Crippen molar-refractivity contribution in [2.24, 2.45) is 0 Å². The zero-order chi connectivity index (χ0) is 13.9. The average Bonchev–Trinajstić information content (AvgIpc) is 2.25. The maximum absolute atomic E-state index is 9.45. The molecule has 5 heteroatoms. The molecule has 1 rings (SSSR count). The van der Waals surface area contributed by atoms with Crippen LogP contribution in [0.15, 0.2) is 12.1 Å². The summed E-state index contributed by atoms with van der Waals surface area (Å²) in [6, 6.07) is 3.71.